The van der Waals surface area contributed by atoms with E-state index in [1.165, 1.54) is 13.8 Å². The molecule has 0 spiro atoms. The normalized spacial score (nSPS) is 11.0. The van der Waals surface area contributed by atoms with Crippen LogP contribution in [0.3, 0.4) is 0 Å². The Kier molecular flexibility index (Phi) is 3.09. The minimum Gasteiger partial charge on any atom is -0.450 e. The van der Waals surface area contributed by atoms with Crippen LogP contribution in [0.25, 0.3) is 21.9 Å². The molecular weight excluding hydrogens is 286 g/mol. The third-order valence-electron chi connectivity index (χ3n) is 3.32. The van der Waals surface area contributed by atoms with Gasteiger partial charge < -0.3 is 14.2 Å². The number of Topliss-reactive ketones (excluding diaryl/α,β-unsaturated/α-hetero) is 1. The van der Waals surface area contributed by atoms with Crippen LogP contribution in [0.2, 0.25) is 0 Å². The molecule has 3 aromatic rings. The van der Waals surface area contributed by atoms with Gasteiger partial charge in [-0.2, -0.15) is 0 Å². The number of nitrogens with one attached hydrogen (secondary N) is 1. The van der Waals surface area contributed by atoms with Crippen molar-refractivity contribution in [3.05, 3.63) is 39.9 Å². The fraction of sp³-hybridized carbons (Fsp3) is 0.188. The van der Waals surface area contributed by atoms with Crippen molar-refractivity contribution >= 4 is 39.3 Å². The van der Waals surface area contributed by atoms with Gasteiger partial charge in [0.1, 0.15) is 16.7 Å². The van der Waals surface area contributed by atoms with Crippen LogP contribution in [-0.2, 0) is 4.79 Å². The number of anilines is 1. The molecule has 6 nitrogen and oxygen atoms in total. The molecule has 0 fully saturated rings. The number of furan rings is 1. The molecular formula is C16H13NO5. The Balaban J connectivity index is 2.50. The smallest absolute Gasteiger partial charge is 0.349 e. The third-order valence-corrected chi connectivity index (χ3v) is 3.32. The minimum atomic E-state index is -0.659. The number of carbonyl (C=O) groups excluding carboxylic acids is 2. The Bertz CT molecular complexity index is 993. The summed E-state index contributed by atoms with van der Waals surface area (Å²) in [7, 11) is 0. The maximum atomic E-state index is 12.3. The van der Waals surface area contributed by atoms with Crippen LogP contribution in [0.1, 0.15) is 30.0 Å². The highest BCUT2D eigenvalue weighted by Gasteiger charge is 2.24. The van der Waals surface area contributed by atoms with Crippen LogP contribution in [0.5, 0.6) is 0 Å². The lowest BCUT2D eigenvalue weighted by Gasteiger charge is -2.01. The van der Waals surface area contributed by atoms with Crippen molar-refractivity contribution in [3.63, 3.8) is 0 Å². The molecule has 2 aromatic heterocycles. The largest absolute Gasteiger partial charge is 0.450 e. The summed E-state index contributed by atoms with van der Waals surface area (Å²) in [6.07, 6.45) is 0. The maximum absolute atomic E-state index is 12.3. The highest BCUT2D eigenvalue weighted by atomic mass is 16.4. The summed E-state index contributed by atoms with van der Waals surface area (Å²) in [5.74, 6) is -0.862. The topological polar surface area (TPSA) is 89.5 Å². The van der Waals surface area contributed by atoms with Gasteiger partial charge >= 0.3 is 5.63 Å². The summed E-state index contributed by atoms with van der Waals surface area (Å²) in [5.41, 5.74) is 0.936. The van der Waals surface area contributed by atoms with E-state index >= 15 is 0 Å². The van der Waals surface area contributed by atoms with Crippen molar-refractivity contribution < 1.29 is 18.4 Å². The highest BCUT2D eigenvalue weighted by Crippen LogP contribution is 2.33. The van der Waals surface area contributed by atoms with Gasteiger partial charge in [0, 0.05) is 13.8 Å². The summed E-state index contributed by atoms with van der Waals surface area (Å²) < 4.78 is 10.9. The van der Waals surface area contributed by atoms with Crippen molar-refractivity contribution in [2.24, 2.45) is 0 Å². The van der Waals surface area contributed by atoms with E-state index in [0.29, 0.717) is 11.0 Å². The van der Waals surface area contributed by atoms with Crippen LogP contribution in [0, 0.1) is 6.92 Å². The molecule has 0 radical (unpaired) electrons. The predicted octanol–water partition coefficient (Wildman–Crippen LogP) is 3.01. The van der Waals surface area contributed by atoms with E-state index < -0.39 is 11.5 Å². The number of hydrogen-bond donors (Lipinski definition) is 1. The van der Waals surface area contributed by atoms with Crippen LogP contribution < -0.4 is 10.9 Å². The summed E-state index contributed by atoms with van der Waals surface area (Å²) >= 11 is 0. The molecule has 6 heteroatoms. The number of ketones is 1. The van der Waals surface area contributed by atoms with Gasteiger partial charge in [0.25, 0.3) is 0 Å². The van der Waals surface area contributed by atoms with Crippen molar-refractivity contribution in [1.82, 2.24) is 0 Å². The number of rotatable bonds is 2. The summed E-state index contributed by atoms with van der Waals surface area (Å²) in [4.78, 5) is 35.3. The fourth-order valence-electron chi connectivity index (χ4n) is 2.41. The van der Waals surface area contributed by atoms with Gasteiger partial charge in [-0.25, -0.2) is 4.79 Å². The molecule has 1 N–H and O–H groups in total. The quantitative estimate of drug-likeness (QED) is 0.580. The van der Waals surface area contributed by atoms with E-state index in [1.54, 1.807) is 12.1 Å². The Morgan fingerprint density at radius 3 is 2.50 bits per heavy atom. The van der Waals surface area contributed by atoms with Gasteiger partial charge in [0.2, 0.25) is 5.91 Å². The van der Waals surface area contributed by atoms with Crippen LogP contribution in [-0.4, -0.2) is 11.7 Å². The van der Waals surface area contributed by atoms with Crippen molar-refractivity contribution in [1.29, 1.82) is 0 Å². The van der Waals surface area contributed by atoms with Gasteiger partial charge in [-0.3, -0.25) is 9.59 Å². The molecule has 1 aromatic carbocycles. The lowest BCUT2D eigenvalue weighted by atomic mass is 10.1. The minimum absolute atomic E-state index is 0.0613. The number of benzene rings is 1. The monoisotopic (exact) mass is 299 g/mol. The molecule has 112 valence electrons. The Labute approximate surface area is 124 Å². The molecule has 0 saturated carbocycles. The number of fused-ring (bicyclic) bond motifs is 3. The summed E-state index contributed by atoms with van der Waals surface area (Å²) in [5, 5.41) is 3.12. The third kappa shape index (κ3) is 2.09. The van der Waals surface area contributed by atoms with E-state index in [-0.39, 0.29) is 28.2 Å². The second kappa shape index (κ2) is 4.84. The maximum Gasteiger partial charge on any atom is 0.349 e. The van der Waals surface area contributed by atoms with Crippen molar-refractivity contribution in [2.45, 2.75) is 20.8 Å². The first-order valence-electron chi connectivity index (χ1n) is 6.67. The van der Waals surface area contributed by atoms with E-state index in [1.807, 2.05) is 13.0 Å². The number of aryl methyl sites for hydroxylation is 1. The standard InChI is InChI=1S/C16H13NO5/c1-7-4-5-10-11(6-7)21-16(20)12-13(17-9(3)19)14(8(2)18)22-15(10)12/h4-6H,1-3H3,(H,17,19). The average Bonchev–Trinajstić information content (AvgIpc) is 2.78. The fourth-order valence-corrected chi connectivity index (χ4v) is 2.41. The first-order valence-corrected chi connectivity index (χ1v) is 6.67. The molecule has 0 bridgehead atoms. The number of hydrogen-bond acceptors (Lipinski definition) is 5. The average molecular weight is 299 g/mol. The molecule has 0 aliphatic heterocycles. The SMILES string of the molecule is CC(=O)Nc1c(C(C)=O)oc2c1c(=O)oc1cc(C)ccc12. The Morgan fingerprint density at radius 1 is 1.14 bits per heavy atom. The Morgan fingerprint density at radius 2 is 1.86 bits per heavy atom. The summed E-state index contributed by atoms with van der Waals surface area (Å²) in [6, 6.07) is 5.31. The van der Waals surface area contributed by atoms with Crippen LogP contribution in [0.4, 0.5) is 5.69 Å². The molecule has 1 amide bonds. The molecule has 3 rings (SSSR count). The van der Waals surface area contributed by atoms with E-state index in [4.69, 9.17) is 8.83 Å². The highest BCUT2D eigenvalue weighted by molar-refractivity contribution is 6.14. The zero-order valence-corrected chi connectivity index (χ0v) is 12.3. The molecule has 0 atom stereocenters. The van der Waals surface area contributed by atoms with E-state index in [0.717, 1.165) is 5.56 Å². The van der Waals surface area contributed by atoms with Gasteiger partial charge in [0.15, 0.2) is 17.1 Å². The lowest BCUT2D eigenvalue weighted by molar-refractivity contribution is -0.114. The molecule has 0 aliphatic carbocycles. The first-order chi connectivity index (χ1) is 10.4. The van der Waals surface area contributed by atoms with Crippen molar-refractivity contribution in [2.75, 3.05) is 5.32 Å². The number of amides is 1. The molecule has 0 aliphatic rings. The zero-order chi connectivity index (χ0) is 16.0. The van der Waals surface area contributed by atoms with Gasteiger partial charge in [-0.1, -0.05) is 6.07 Å². The van der Waals surface area contributed by atoms with E-state index in [9.17, 15) is 14.4 Å². The predicted molar refractivity (Wildman–Crippen MR) is 81.3 cm³/mol. The second-order valence-electron chi connectivity index (χ2n) is 5.14. The van der Waals surface area contributed by atoms with E-state index in [2.05, 4.69) is 5.32 Å². The zero-order valence-electron chi connectivity index (χ0n) is 12.3. The van der Waals surface area contributed by atoms with Gasteiger partial charge in [-0.05, 0) is 24.6 Å². The van der Waals surface area contributed by atoms with Crippen molar-refractivity contribution in [3.8, 4) is 0 Å². The molecule has 2 heterocycles. The summed E-state index contributed by atoms with van der Waals surface area (Å²) in [6.45, 7) is 4.46. The van der Waals surface area contributed by atoms with Gasteiger partial charge in [0.05, 0.1) is 5.39 Å². The van der Waals surface area contributed by atoms with Gasteiger partial charge in [-0.15, -0.1) is 0 Å². The van der Waals surface area contributed by atoms with Crippen LogP contribution in [0.15, 0.2) is 31.8 Å². The Hall–Kier alpha value is -2.89. The molecule has 0 saturated heterocycles. The first kappa shape index (κ1) is 14.1. The molecule has 0 unspecified atom stereocenters. The molecule has 22 heavy (non-hydrogen) atoms. The van der Waals surface area contributed by atoms with Crippen LogP contribution >= 0.6 is 0 Å². The second-order valence-corrected chi connectivity index (χ2v) is 5.14. The lowest BCUT2D eigenvalue weighted by Crippen LogP contribution is -2.11. The number of carbonyl (C=O) groups is 2.